The second-order valence-electron chi connectivity index (χ2n) is 6.02. The molecule has 1 aliphatic carbocycles. The van der Waals surface area contributed by atoms with E-state index in [0.717, 1.165) is 6.42 Å². The summed E-state index contributed by atoms with van der Waals surface area (Å²) in [6.45, 7) is 8.60. The molecule has 0 saturated heterocycles. The van der Waals surface area contributed by atoms with E-state index in [1.807, 2.05) is 6.92 Å². The molecular weight excluding hydrogens is 242 g/mol. The molecule has 5 heteroatoms. The summed E-state index contributed by atoms with van der Waals surface area (Å²) in [7, 11) is 0. The maximum Gasteiger partial charge on any atom is 0.321 e. The summed E-state index contributed by atoms with van der Waals surface area (Å²) in [6.07, 6.45) is 4.72. The Balaban J connectivity index is 2.47. The first-order valence-corrected chi connectivity index (χ1v) is 7.21. The fraction of sp³-hybridized carbons (Fsp3) is 0.857. The van der Waals surface area contributed by atoms with E-state index in [1.54, 1.807) is 6.92 Å². The summed E-state index contributed by atoms with van der Waals surface area (Å²) in [5.41, 5.74) is 0.207. The van der Waals surface area contributed by atoms with Crippen LogP contribution in [-0.2, 0) is 4.79 Å². The Morgan fingerprint density at radius 2 is 2.00 bits per heavy atom. The van der Waals surface area contributed by atoms with E-state index in [2.05, 4.69) is 29.8 Å². The second-order valence-corrected chi connectivity index (χ2v) is 6.02. The van der Waals surface area contributed by atoms with Crippen molar-refractivity contribution < 1.29 is 9.59 Å². The van der Waals surface area contributed by atoms with Crippen molar-refractivity contribution in [3.63, 3.8) is 0 Å². The SMILES string of the molecule is CCNC(=O)NC(=O)C(C)NC1CCCCC1(C)C. The summed E-state index contributed by atoms with van der Waals surface area (Å²) in [5.74, 6) is -0.271. The molecule has 0 spiro atoms. The van der Waals surface area contributed by atoms with Gasteiger partial charge in [-0.3, -0.25) is 10.1 Å². The number of rotatable bonds is 4. The molecule has 19 heavy (non-hydrogen) atoms. The molecule has 0 radical (unpaired) electrons. The Labute approximate surface area is 115 Å². The monoisotopic (exact) mass is 269 g/mol. The van der Waals surface area contributed by atoms with Crippen molar-refractivity contribution in [2.45, 2.75) is 65.5 Å². The largest absolute Gasteiger partial charge is 0.338 e. The average molecular weight is 269 g/mol. The number of nitrogens with one attached hydrogen (secondary N) is 3. The van der Waals surface area contributed by atoms with Gasteiger partial charge in [0.1, 0.15) is 0 Å². The normalized spacial score (nSPS) is 23.5. The van der Waals surface area contributed by atoms with E-state index in [0.29, 0.717) is 12.6 Å². The Bertz CT molecular complexity index is 329. The molecule has 0 aromatic heterocycles. The first-order chi connectivity index (χ1) is 8.86. The average Bonchev–Trinajstić information content (AvgIpc) is 2.31. The number of amides is 3. The third kappa shape index (κ3) is 4.82. The van der Waals surface area contributed by atoms with Gasteiger partial charge < -0.3 is 10.6 Å². The lowest BCUT2D eigenvalue weighted by atomic mass is 9.73. The minimum atomic E-state index is -0.427. The number of carbonyl (C=O) groups excluding carboxylic acids is 2. The van der Waals surface area contributed by atoms with Gasteiger partial charge >= 0.3 is 6.03 Å². The smallest absolute Gasteiger partial charge is 0.321 e. The predicted octanol–water partition coefficient (Wildman–Crippen LogP) is 1.78. The maximum atomic E-state index is 11.9. The van der Waals surface area contributed by atoms with Gasteiger partial charge in [-0.25, -0.2) is 4.79 Å². The molecule has 2 unspecified atom stereocenters. The van der Waals surface area contributed by atoms with Crippen LogP contribution in [0.15, 0.2) is 0 Å². The number of urea groups is 1. The van der Waals surface area contributed by atoms with E-state index in [-0.39, 0.29) is 17.4 Å². The molecule has 2 atom stereocenters. The zero-order chi connectivity index (χ0) is 14.5. The van der Waals surface area contributed by atoms with Crippen LogP contribution in [0, 0.1) is 5.41 Å². The van der Waals surface area contributed by atoms with Crippen LogP contribution in [0.4, 0.5) is 4.79 Å². The molecule has 1 rings (SSSR count). The van der Waals surface area contributed by atoms with Gasteiger partial charge in [0, 0.05) is 12.6 Å². The molecule has 5 nitrogen and oxygen atoms in total. The van der Waals surface area contributed by atoms with E-state index in [1.165, 1.54) is 19.3 Å². The molecular formula is C14H27N3O2. The first-order valence-electron chi connectivity index (χ1n) is 7.21. The van der Waals surface area contributed by atoms with Crippen molar-refractivity contribution in [3.8, 4) is 0 Å². The summed E-state index contributed by atoms with van der Waals surface area (Å²) >= 11 is 0. The molecule has 0 aliphatic heterocycles. The third-order valence-electron chi connectivity index (χ3n) is 3.93. The summed E-state index contributed by atoms with van der Waals surface area (Å²) in [6, 6.07) is -0.453. The Morgan fingerprint density at radius 3 is 2.58 bits per heavy atom. The van der Waals surface area contributed by atoms with Crippen molar-refractivity contribution in [1.29, 1.82) is 0 Å². The van der Waals surface area contributed by atoms with Crippen LogP contribution < -0.4 is 16.0 Å². The number of carbonyl (C=O) groups is 2. The molecule has 1 saturated carbocycles. The Kier molecular flexibility index (Phi) is 5.79. The zero-order valence-corrected chi connectivity index (χ0v) is 12.5. The molecule has 1 aliphatic rings. The summed E-state index contributed by atoms with van der Waals surface area (Å²) in [5, 5.41) is 8.26. The Morgan fingerprint density at radius 1 is 1.32 bits per heavy atom. The van der Waals surface area contributed by atoms with Crippen molar-refractivity contribution in [2.75, 3.05) is 6.54 Å². The number of hydrogen-bond acceptors (Lipinski definition) is 3. The summed E-state index contributed by atoms with van der Waals surface area (Å²) < 4.78 is 0. The van der Waals surface area contributed by atoms with Gasteiger partial charge in [-0.05, 0) is 32.1 Å². The Hall–Kier alpha value is -1.10. The molecule has 3 amide bonds. The molecule has 0 heterocycles. The predicted molar refractivity (Wildman–Crippen MR) is 75.9 cm³/mol. The van der Waals surface area contributed by atoms with Crippen molar-refractivity contribution in [3.05, 3.63) is 0 Å². The minimum absolute atomic E-state index is 0.207. The maximum absolute atomic E-state index is 11.9. The topological polar surface area (TPSA) is 70.2 Å². The van der Waals surface area contributed by atoms with Crippen LogP contribution >= 0.6 is 0 Å². The fourth-order valence-electron chi connectivity index (χ4n) is 2.61. The van der Waals surface area contributed by atoms with Crippen LogP contribution in [0.25, 0.3) is 0 Å². The zero-order valence-electron chi connectivity index (χ0n) is 12.5. The highest BCUT2D eigenvalue weighted by Crippen LogP contribution is 2.35. The van der Waals surface area contributed by atoms with Crippen LogP contribution in [0.1, 0.15) is 53.4 Å². The van der Waals surface area contributed by atoms with E-state index in [4.69, 9.17) is 0 Å². The second kappa shape index (κ2) is 6.89. The number of hydrogen-bond donors (Lipinski definition) is 3. The minimum Gasteiger partial charge on any atom is -0.338 e. The highest BCUT2D eigenvalue weighted by molar-refractivity contribution is 5.96. The molecule has 0 aromatic rings. The fourth-order valence-corrected chi connectivity index (χ4v) is 2.61. The quantitative estimate of drug-likeness (QED) is 0.728. The lowest BCUT2D eigenvalue weighted by Crippen LogP contribution is -2.54. The highest BCUT2D eigenvalue weighted by atomic mass is 16.2. The highest BCUT2D eigenvalue weighted by Gasteiger charge is 2.33. The molecule has 0 bridgehead atoms. The van der Waals surface area contributed by atoms with Gasteiger partial charge in [0.05, 0.1) is 6.04 Å². The van der Waals surface area contributed by atoms with Gasteiger partial charge in [0.2, 0.25) is 5.91 Å². The third-order valence-corrected chi connectivity index (χ3v) is 3.93. The molecule has 1 fully saturated rings. The van der Waals surface area contributed by atoms with E-state index in [9.17, 15) is 9.59 Å². The standard InChI is InChI=1S/C14H27N3O2/c1-5-15-13(19)17-12(18)10(2)16-11-8-6-7-9-14(11,3)4/h10-11,16H,5-9H2,1-4H3,(H2,15,17,18,19). The lowest BCUT2D eigenvalue weighted by molar-refractivity contribution is -0.122. The molecule has 3 N–H and O–H groups in total. The van der Waals surface area contributed by atoms with Crippen LogP contribution in [0.2, 0.25) is 0 Å². The van der Waals surface area contributed by atoms with E-state index >= 15 is 0 Å². The van der Waals surface area contributed by atoms with Crippen LogP contribution in [0.5, 0.6) is 0 Å². The van der Waals surface area contributed by atoms with Crippen molar-refractivity contribution >= 4 is 11.9 Å². The number of imide groups is 1. The lowest BCUT2D eigenvalue weighted by Gasteiger charge is -2.40. The van der Waals surface area contributed by atoms with Crippen LogP contribution in [-0.4, -0.2) is 30.6 Å². The van der Waals surface area contributed by atoms with Gasteiger partial charge in [0.15, 0.2) is 0 Å². The van der Waals surface area contributed by atoms with E-state index < -0.39 is 6.03 Å². The molecule has 110 valence electrons. The van der Waals surface area contributed by atoms with Gasteiger partial charge in [-0.2, -0.15) is 0 Å². The van der Waals surface area contributed by atoms with Gasteiger partial charge in [-0.1, -0.05) is 26.7 Å². The first kappa shape index (κ1) is 16.0. The van der Waals surface area contributed by atoms with Crippen LogP contribution in [0.3, 0.4) is 0 Å². The van der Waals surface area contributed by atoms with Gasteiger partial charge in [0.25, 0.3) is 0 Å². The summed E-state index contributed by atoms with van der Waals surface area (Å²) in [4.78, 5) is 23.2. The van der Waals surface area contributed by atoms with Crippen molar-refractivity contribution in [1.82, 2.24) is 16.0 Å². The van der Waals surface area contributed by atoms with Gasteiger partial charge in [-0.15, -0.1) is 0 Å². The molecule has 0 aromatic carbocycles. The van der Waals surface area contributed by atoms with Crippen molar-refractivity contribution in [2.24, 2.45) is 5.41 Å².